The Morgan fingerprint density at radius 3 is 2.24 bits per heavy atom. The lowest BCUT2D eigenvalue weighted by Crippen LogP contribution is -2.07. The van der Waals surface area contributed by atoms with Crippen molar-refractivity contribution in [3.63, 3.8) is 0 Å². The summed E-state index contributed by atoms with van der Waals surface area (Å²) in [5.74, 6) is -0.131. The van der Waals surface area contributed by atoms with Gasteiger partial charge >= 0.3 is 6.18 Å². The van der Waals surface area contributed by atoms with Crippen LogP contribution < -0.4 is 5.32 Å². The Bertz CT molecular complexity index is 846. The molecule has 0 fully saturated rings. The number of nitrogens with one attached hydrogen (secondary N) is 1. The fourth-order valence-electron chi connectivity index (χ4n) is 2.13. The first-order chi connectivity index (χ1) is 11.9. The molecule has 1 aromatic heterocycles. The van der Waals surface area contributed by atoms with Crippen molar-refractivity contribution in [1.29, 1.82) is 0 Å². The van der Waals surface area contributed by atoms with Crippen LogP contribution in [0, 0.1) is 5.82 Å². The van der Waals surface area contributed by atoms with E-state index in [-0.39, 0.29) is 18.3 Å². The van der Waals surface area contributed by atoms with E-state index in [0.717, 1.165) is 12.1 Å². The van der Waals surface area contributed by atoms with Gasteiger partial charge in [0.2, 0.25) is 5.95 Å². The summed E-state index contributed by atoms with van der Waals surface area (Å²) in [6, 6.07) is 10.6. The molecule has 0 amide bonds. The lowest BCUT2D eigenvalue weighted by Gasteiger charge is -2.09. The van der Waals surface area contributed by atoms with Crippen LogP contribution in [0.1, 0.15) is 11.1 Å². The van der Waals surface area contributed by atoms with E-state index in [2.05, 4.69) is 20.5 Å². The van der Waals surface area contributed by atoms with Crippen LogP contribution in [0.15, 0.2) is 54.7 Å². The molecule has 1 N–H and O–H groups in total. The van der Waals surface area contributed by atoms with Crippen molar-refractivity contribution in [2.45, 2.75) is 12.7 Å². The minimum atomic E-state index is -4.36. The molecule has 0 saturated heterocycles. The van der Waals surface area contributed by atoms with Crippen molar-refractivity contribution in [3.05, 3.63) is 71.7 Å². The van der Waals surface area contributed by atoms with E-state index in [0.29, 0.717) is 16.8 Å². The maximum absolute atomic E-state index is 13.0. The molecule has 128 valence electrons. The zero-order valence-electron chi connectivity index (χ0n) is 12.8. The minimum Gasteiger partial charge on any atom is -0.349 e. The number of benzene rings is 2. The van der Waals surface area contributed by atoms with Crippen LogP contribution in [-0.2, 0) is 12.7 Å². The number of halogens is 4. The summed E-state index contributed by atoms with van der Waals surface area (Å²) in [5, 5.41) is 10.6. The van der Waals surface area contributed by atoms with Gasteiger partial charge in [-0.1, -0.05) is 12.1 Å². The van der Waals surface area contributed by atoms with Crippen molar-refractivity contribution in [1.82, 2.24) is 15.2 Å². The van der Waals surface area contributed by atoms with E-state index >= 15 is 0 Å². The summed E-state index contributed by atoms with van der Waals surface area (Å²) < 4.78 is 50.6. The lowest BCUT2D eigenvalue weighted by molar-refractivity contribution is -0.137. The summed E-state index contributed by atoms with van der Waals surface area (Å²) in [6.07, 6.45) is -2.92. The van der Waals surface area contributed by atoms with Crippen LogP contribution in [0.3, 0.4) is 0 Å². The topological polar surface area (TPSA) is 50.7 Å². The average molecular weight is 348 g/mol. The van der Waals surface area contributed by atoms with Crippen molar-refractivity contribution >= 4 is 5.95 Å². The first-order valence-electron chi connectivity index (χ1n) is 7.27. The highest BCUT2D eigenvalue weighted by Crippen LogP contribution is 2.29. The van der Waals surface area contributed by atoms with Gasteiger partial charge in [0.05, 0.1) is 17.5 Å². The number of anilines is 1. The van der Waals surface area contributed by atoms with Gasteiger partial charge in [0.15, 0.2) is 0 Å². The van der Waals surface area contributed by atoms with E-state index < -0.39 is 11.7 Å². The Morgan fingerprint density at radius 1 is 0.920 bits per heavy atom. The van der Waals surface area contributed by atoms with Crippen LogP contribution >= 0.6 is 0 Å². The number of nitrogens with zero attached hydrogens (tertiary/aromatic N) is 3. The van der Waals surface area contributed by atoms with Gasteiger partial charge < -0.3 is 5.32 Å². The predicted molar refractivity (Wildman–Crippen MR) is 84.0 cm³/mol. The van der Waals surface area contributed by atoms with Crippen molar-refractivity contribution in [2.75, 3.05) is 5.32 Å². The summed E-state index contributed by atoms with van der Waals surface area (Å²) in [4.78, 5) is 4.26. The summed E-state index contributed by atoms with van der Waals surface area (Å²) in [6.45, 7) is 0.243. The number of hydrogen-bond donors (Lipinski definition) is 1. The van der Waals surface area contributed by atoms with Crippen LogP contribution in [0.5, 0.6) is 0 Å². The van der Waals surface area contributed by atoms with Crippen molar-refractivity contribution in [3.8, 4) is 11.3 Å². The lowest BCUT2D eigenvalue weighted by atomic mass is 10.1. The van der Waals surface area contributed by atoms with Crippen molar-refractivity contribution in [2.24, 2.45) is 0 Å². The third-order valence-electron chi connectivity index (χ3n) is 3.43. The molecule has 1 heterocycles. The van der Waals surface area contributed by atoms with Gasteiger partial charge in [-0.3, -0.25) is 0 Å². The van der Waals surface area contributed by atoms with Gasteiger partial charge in [0.25, 0.3) is 0 Å². The molecule has 3 aromatic rings. The monoisotopic (exact) mass is 348 g/mol. The zero-order chi connectivity index (χ0) is 17.9. The molecule has 25 heavy (non-hydrogen) atoms. The normalized spacial score (nSPS) is 11.4. The van der Waals surface area contributed by atoms with E-state index in [4.69, 9.17) is 0 Å². The molecule has 0 atom stereocenters. The maximum Gasteiger partial charge on any atom is 0.416 e. The smallest absolute Gasteiger partial charge is 0.349 e. The summed E-state index contributed by atoms with van der Waals surface area (Å²) >= 11 is 0. The minimum absolute atomic E-state index is 0.224. The molecule has 0 aliphatic carbocycles. The van der Waals surface area contributed by atoms with Gasteiger partial charge in [-0.2, -0.15) is 18.3 Å². The molecule has 0 spiro atoms. The summed E-state index contributed by atoms with van der Waals surface area (Å²) in [7, 11) is 0. The standard InChI is InChI=1S/C17H12F4N4/c18-14-7-3-12(4-8-14)15-10-23-25-16(24-15)22-9-11-1-5-13(6-2-11)17(19,20)21/h1-8,10H,9H2,(H,22,24,25). The highest BCUT2D eigenvalue weighted by molar-refractivity contribution is 5.58. The zero-order valence-corrected chi connectivity index (χ0v) is 12.8. The third-order valence-corrected chi connectivity index (χ3v) is 3.43. The van der Waals surface area contributed by atoms with Crippen LogP contribution in [0.25, 0.3) is 11.3 Å². The Kier molecular flexibility index (Phi) is 4.60. The van der Waals surface area contributed by atoms with Gasteiger partial charge in [0.1, 0.15) is 5.82 Å². The molecule has 0 aliphatic rings. The van der Waals surface area contributed by atoms with Crippen LogP contribution in [0.2, 0.25) is 0 Å². The number of alkyl halides is 3. The molecular weight excluding hydrogens is 336 g/mol. The Balaban J connectivity index is 1.69. The van der Waals surface area contributed by atoms with Gasteiger partial charge in [-0.05, 0) is 42.0 Å². The second-order valence-electron chi connectivity index (χ2n) is 5.22. The maximum atomic E-state index is 13.0. The van der Waals surface area contributed by atoms with E-state index in [1.165, 1.54) is 30.5 Å². The molecule has 0 saturated carbocycles. The molecule has 0 bridgehead atoms. The van der Waals surface area contributed by atoms with Gasteiger partial charge in [-0.25, -0.2) is 9.37 Å². The Morgan fingerprint density at radius 2 is 1.60 bits per heavy atom. The molecule has 2 aromatic carbocycles. The molecule has 3 rings (SSSR count). The SMILES string of the molecule is Fc1ccc(-c2cnnc(NCc3ccc(C(F)(F)F)cc3)n2)cc1. The average Bonchev–Trinajstić information content (AvgIpc) is 2.60. The fraction of sp³-hybridized carbons (Fsp3) is 0.118. The van der Waals surface area contributed by atoms with Crippen LogP contribution in [-0.4, -0.2) is 15.2 Å². The Hall–Kier alpha value is -3.03. The first-order valence-corrected chi connectivity index (χ1v) is 7.27. The third kappa shape index (κ3) is 4.28. The molecule has 0 radical (unpaired) electrons. The molecule has 8 heteroatoms. The summed E-state index contributed by atoms with van der Waals surface area (Å²) in [5.41, 5.74) is 1.12. The largest absolute Gasteiger partial charge is 0.416 e. The molecule has 0 unspecified atom stereocenters. The molecule has 4 nitrogen and oxygen atoms in total. The quantitative estimate of drug-likeness (QED) is 0.714. The molecular formula is C17H12F4N4. The van der Waals surface area contributed by atoms with Crippen LogP contribution in [0.4, 0.5) is 23.5 Å². The van der Waals surface area contributed by atoms with Gasteiger partial charge in [0, 0.05) is 12.1 Å². The van der Waals surface area contributed by atoms with E-state index in [1.807, 2.05) is 0 Å². The second kappa shape index (κ2) is 6.84. The van der Waals surface area contributed by atoms with Crippen molar-refractivity contribution < 1.29 is 17.6 Å². The second-order valence-corrected chi connectivity index (χ2v) is 5.22. The highest BCUT2D eigenvalue weighted by Gasteiger charge is 2.29. The van der Waals surface area contributed by atoms with E-state index in [9.17, 15) is 17.6 Å². The number of aromatic nitrogens is 3. The molecule has 0 aliphatic heterocycles. The number of hydrogen-bond acceptors (Lipinski definition) is 4. The van der Waals surface area contributed by atoms with Gasteiger partial charge in [-0.15, -0.1) is 5.10 Å². The fourth-order valence-corrected chi connectivity index (χ4v) is 2.13. The Labute approximate surface area is 140 Å². The van der Waals surface area contributed by atoms with E-state index in [1.54, 1.807) is 12.1 Å². The highest BCUT2D eigenvalue weighted by atomic mass is 19.4. The first kappa shape index (κ1) is 16.8. The predicted octanol–water partition coefficient (Wildman–Crippen LogP) is 4.31. The number of rotatable bonds is 4.